The van der Waals surface area contributed by atoms with Gasteiger partial charge in [-0.2, -0.15) is 0 Å². The van der Waals surface area contributed by atoms with E-state index in [2.05, 4.69) is 40.0 Å². The van der Waals surface area contributed by atoms with Gasteiger partial charge < -0.3 is 19.5 Å². The number of aromatic amines is 1. The van der Waals surface area contributed by atoms with E-state index in [4.69, 9.17) is 16.3 Å². The van der Waals surface area contributed by atoms with Crippen LogP contribution in [0, 0.1) is 0 Å². The maximum Gasteiger partial charge on any atom is 0.227 e. The SMILES string of the molecule is CCCCC(=O)N(c1ccccc1)C1(COC)CCN(CCc2c[nH]c3ccc(Cl)cc23)CC1. The number of nitrogens with one attached hydrogen (secondary N) is 1. The molecule has 2 aromatic carbocycles. The van der Waals surface area contributed by atoms with Crippen molar-refractivity contribution in [1.29, 1.82) is 0 Å². The molecule has 4 rings (SSSR count). The fourth-order valence-corrected chi connectivity index (χ4v) is 5.40. The van der Waals surface area contributed by atoms with Crippen LogP contribution in [0.3, 0.4) is 0 Å². The summed E-state index contributed by atoms with van der Waals surface area (Å²) in [7, 11) is 1.75. The maximum atomic E-state index is 13.4. The number of para-hydroxylation sites is 1. The molecule has 0 bridgehead atoms. The molecule has 0 spiro atoms. The van der Waals surface area contributed by atoms with E-state index in [0.29, 0.717) is 13.0 Å². The number of halogens is 1. The highest BCUT2D eigenvalue weighted by molar-refractivity contribution is 6.31. The zero-order chi connectivity index (χ0) is 24.0. The van der Waals surface area contributed by atoms with Crippen LogP contribution in [0.1, 0.15) is 44.6 Å². The molecular weight excluding hydrogens is 446 g/mol. The lowest BCUT2D eigenvalue weighted by molar-refractivity contribution is -0.121. The molecule has 34 heavy (non-hydrogen) atoms. The fourth-order valence-electron chi connectivity index (χ4n) is 5.23. The lowest BCUT2D eigenvalue weighted by Gasteiger charge is -2.48. The van der Waals surface area contributed by atoms with Crippen LogP contribution in [-0.4, -0.2) is 54.7 Å². The summed E-state index contributed by atoms with van der Waals surface area (Å²) in [6.07, 6.45) is 7.36. The van der Waals surface area contributed by atoms with E-state index in [1.165, 1.54) is 10.9 Å². The van der Waals surface area contributed by atoms with Gasteiger partial charge in [0, 0.05) is 61.0 Å². The summed E-state index contributed by atoms with van der Waals surface area (Å²) in [6, 6.07) is 16.1. The highest BCUT2D eigenvalue weighted by Crippen LogP contribution is 2.35. The Morgan fingerprint density at radius 1 is 1.18 bits per heavy atom. The Kier molecular flexibility index (Phi) is 8.30. The third-order valence-corrected chi connectivity index (χ3v) is 7.34. The molecule has 1 aliphatic rings. The molecule has 1 aromatic heterocycles. The summed E-state index contributed by atoms with van der Waals surface area (Å²) in [6.45, 7) is 5.55. The minimum Gasteiger partial charge on any atom is -0.382 e. The predicted molar refractivity (Wildman–Crippen MR) is 141 cm³/mol. The lowest BCUT2D eigenvalue weighted by atomic mass is 9.85. The predicted octanol–water partition coefficient (Wildman–Crippen LogP) is 6.07. The molecule has 0 radical (unpaired) electrons. The van der Waals surface area contributed by atoms with E-state index in [1.807, 2.05) is 36.4 Å². The Morgan fingerprint density at radius 2 is 1.94 bits per heavy atom. The van der Waals surface area contributed by atoms with Crippen molar-refractivity contribution in [3.05, 3.63) is 65.3 Å². The number of rotatable bonds is 10. The number of methoxy groups -OCH3 is 1. The van der Waals surface area contributed by atoms with Crippen molar-refractivity contribution in [3.8, 4) is 0 Å². The molecule has 182 valence electrons. The van der Waals surface area contributed by atoms with Gasteiger partial charge >= 0.3 is 0 Å². The first kappa shape index (κ1) is 24.8. The van der Waals surface area contributed by atoms with E-state index in [0.717, 1.165) is 68.0 Å². The zero-order valence-corrected chi connectivity index (χ0v) is 21.1. The Morgan fingerprint density at radius 3 is 2.65 bits per heavy atom. The smallest absolute Gasteiger partial charge is 0.227 e. The third-order valence-electron chi connectivity index (χ3n) is 7.11. The van der Waals surface area contributed by atoms with Gasteiger partial charge in [-0.1, -0.05) is 43.1 Å². The van der Waals surface area contributed by atoms with Crippen LogP contribution >= 0.6 is 11.6 Å². The molecule has 0 unspecified atom stereocenters. The van der Waals surface area contributed by atoms with Crippen LogP contribution in [0.25, 0.3) is 10.9 Å². The Hall–Kier alpha value is -2.34. The number of aromatic nitrogens is 1. The topological polar surface area (TPSA) is 48.6 Å². The van der Waals surface area contributed by atoms with Gasteiger partial charge in [-0.15, -0.1) is 0 Å². The number of carbonyl (C=O) groups excluding carboxylic acids is 1. The van der Waals surface area contributed by atoms with Crippen LogP contribution in [-0.2, 0) is 16.0 Å². The molecule has 6 heteroatoms. The van der Waals surface area contributed by atoms with Crippen molar-refractivity contribution < 1.29 is 9.53 Å². The molecule has 5 nitrogen and oxygen atoms in total. The fraction of sp³-hybridized carbons (Fsp3) is 0.464. The number of hydrogen-bond acceptors (Lipinski definition) is 3. The molecule has 3 aromatic rings. The second-order valence-corrected chi connectivity index (χ2v) is 9.86. The molecule has 1 fully saturated rings. The van der Waals surface area contributed by atoms with Crippen LogP contribution in [0.4, 0.5) is 5.69 Å². The van der Waals surface area contributed by atoms with Crippen molar-refractivity contribution >= 4 is 34.1 Å². The molecule has 1 amide bonds. The number of likely N-dealkylation sites (tertiary alicyclic amines) is 1. The zero-order valence-electron chi connectivity index (χ0n) is 20.4. The minimum absolute atomic E-state index is 0.203. The van der Waals surface area contributed by atoms with Gasteiger partial charge in [-0.3, -0.25) is 4.79 Å². The molecule has 0 saturated carbocycles. The summed E-state index contributed by atoms with van der Waals surface area (Å²) in [5.74, 6) is 0.203. The van der Waals surface area contributed by atoms with Crippen molar-refractivity contribution in [3.63, 3.8) is 0 Å². The summed E-state index contributed by atoms with van der Waals surface area (Å²) in [4.78, 5) is 21.4. The average Bonchev–Trinajstić information content (AvgIpc) is 3.25. The number of piperidine rings is 1. The molecule has 1 N–H and O–H groups in total. The quantitative estimate of drug-likeness (QED) is 0.382. The monoisotopic (exact) mass is 481 g/mol. The van der Waals surface area contributed by atoms with Crippen LogP contribution in [0.15, 0.2) is 54.7 Å². The Labute approximate surface area is 208 Å². The first-order valence-electron chi connectivity index (χ1n) is 12.4. The van der Waals surface area contributed by atoms with Gasteiger partial charge in [0.15, 0.2) is 0 Å². The summed E-state index contributed by atoms with van der Waals surface area (Å²) >= 11 is 6.23. The van der Waals surface area contributed by atoms with E-state index in [-0.39, 0.29) is 11.4 Å². The average molecular weight is 482 g/mol. The molecule has 0 atom stereocenters. The highest BCUT2D eigenvalue weighted by Gasteiger charge is 2.43. The Balaban J connectivity index is 1.47. The van der Waals surface area contributed by atoms with Gasteiger partial charge in [-0.25, -0.2) is 0 Å². The number of nitrogens with zero attached hydrogens (tertiary/aromatic N) is 2. The summed E-state index contributed by atoms with van der Waals surface area (Å²) in [5, 5.41) is 1.97. The minimum atomic E-state index is -0.314. The number of carbonyl (C=O) groups is 1. The maximum absolute atomic E-state index is 13.4. The number of amides is 1. The van der Waals surface area contributed by atoms with Gasteiger partial charge in [0.2, 0.25) is 5.91 Å². The van der Waals surface area contributed by atoms with Crippen molar-refractivity contribution in [2.75, 3.05) is 38.3 Å². The van der Waals surface area contributed by atoms with Gasteiger partial charge in [-0.05, 0) is 61.6 Å². The van der Waals surface area contributed by atoms with Crippen molar-refractivity contribution in [2.45, 2.75) is 51.0 Å². The second kappa shape index (κ2) is 11.4. The van der Waals surface area contributed by atoms with Gasteiger partial charge in [0.05, 0.1) is 12.1 Å². The van der Waals surface area contributed by atoms with E-state index < -0.39 is 0 Å². The number of anilines is 1. The van der Waals surface area contributed by atoms with Crippen LogP contribution < -0.4 is 4.90 Å². The number of H-pyrrole nitrogens is 1. The van der Waals surface area contributed by atoms with Crippen molar-refractivity contribution in [2.24, 2.45) is 0 Å². The van der Waals surface area contributed by atoms with Gasteiger partial charge in [0.25, 0.3) is 0 Å². The Bertz CT molecular complexity index is 1070. The summed E-state index contributed by atoms with van der Waals surface area (Å²) < 4.78 is 5.73. The largest absolute Gasteiger partial charge is 0.382 e. The first-order valence-corrected chi connectivity index (χ1v) is 12.8. The molecule has 1 aliphatic heterocycles. The number of ether oxygens (including phenoxy) is 1. The molecule has 0 aliphatic carbocycles. The van der Waals surface area contributed by atoms with Gasteiger partial charge in [0.1, 0.15) is 0 Å². The second-order valence-electron chi connectivity index (χ2n) is 9.42. The molecular formula is C28H36ClN3O2. The summed E-state index contributed by atoms with van der Waals surface area (Å²) in [5.41, 5.74) is 3.09. The number of benzene rings is 2. The standard InChI is InChI=1S/C28H36ClN3O2/c1-3-4-10-27(33)32(24-8-6-5-7-9-24)28(21-34-2)14-17-31(18-15-28)16-13-22-20-30-26-12-11-23(29)19-25(22)26/h5-9,11-12,19-20,30H,3-4,10,13-18,21H2,1-2H3. The van der Waals surface area contributed by atoms with E-state index >= 15 is 0 Å². The van der Waals surface area contributed by atoms with Crippen molar-refractivity contribution in [1.82, 2.24) is 9.88 Å². The number of unbranched alkanes of at least 4 members (excludes halogenated alkanes) is 1. The number of hydrogen-bond donors (Lipinski definition) is 1. The molecule has 2 heterocycles. The first-order chi connectivity index (χ1) is 16.6. The van der Waals surface area contributed by atoms with Crippen LogP contribution in [0.2, 0.25) is 5.02 Å². The lowest BCUT2D eigenvalue weighted by Crippen LogP contribution is -2.60. The molecule has 1 saturated heterocycles. The van der Waals surface area contributed by atoms with E-state index in [1.54, 1.807) is 7.11 Å². The third kappa shape index (κ3) is 5.48. The van der Waals surface area contributed by atoms with Crippen LogP contribution in [0.5, 0.6) is 0 Å². The van der Waals surface area contributed by atoms with E-state index in [9.17, 15) is 4.79 Å². The highest BCUT2D eigenvalue weighted by atomic mass is 35.5. The normalized spacial score (nSPS) is 16.1. The number of fused-ring (bicyclic) bond motifs is 1.